The molecule has 30 heavy (non-hydrogen) atoms. The van der Waals surface area contributed by atoms with E-state index in [1.54, 1.807) is 0 Å². The second-order valence-corrected chi connectivity index (χ2v) is 9.43. The molecule has 1 heterocycles. The van der Waals surface area contributed by atoms with Crippen molar-refractivity contribution in [2.24, 2.45) is 0 Å². The fourth-order valence-electron chi connectivity index (χ4n) is 4.22. The molecular formula is C28H32N2+2. The molecule has 4 rings (SSSR count). The van der Waals surface area contributed by atoms with Gasteiger partial charge in [-0.15, -0.1) is 0 Å². The number of benzene rings is 3. The van der Waals surface area contributed by atoms with E-state index in [0.29, 0.717) is 0 Å². The minimum absolute atomic E-state index is 0.204. The van der Waals surface area contributed by atoms with Crippen LogP contribution in [0.4, 0.5) is 11.4 Å². The Labute approximate surface area is 181 Å². The highest BCUT2D eigenvalue weighted by Crippen LogP contribution is 2.37. The molecule has 1 aliphatic rings. The van der Waals surface area contributed by atoms with E-state index in [0.717, 1.165) is 8.97 Å². The largest absolute Gasteiger partial charge is 0.298 e. The molecule has 0 aliphatic carbocycles. The summed E-state index contributed by atoms with van der Waals surface area (Å²) in [4.78, 5) is 0. The van der Waals surface area contributed by atoms with Crippen LogP contribution in [-0.4, -0.2) is 35.2 Å². The smallest absolute Gasteiger partial charge is 0.144 e. The molecule has 0 unspecified atom stereocenters. The lowest BCUT2D eigenvalue weighted by Gasteiger charge is -2.34. The Kier molecular flexibility index (Phi) is 5.23. The number of quaternary nitrogens is 2. The summed E-state index contributed by atoms with van der Waals surface area (Å²) in [6.07, 6.45) is 6.95. The van der Waals surface area contributed by atoms with Gasteiger partial charge < -0.3 is 0 Å². The van der Waals surface area contributed by atoms with Crippen molar-refractivity contribution in [2.75, 3.05) is 35.2 Å². The van der Waals surface area contributed by atoms with Crippen LogP contribution in [0, 0.1) is 0 Å². The van der Waals surface area contributed by atoms with Crippen molar-refractivity contribution in [1.29, 1.82) is 0 Å². The quantitative estimate of drug-likeness (QED) is 0.461. The highest BCUT2D eigenvalue weighted by Gasteiger charge is 2.30. The first-order valence-corrected chi connectivity index (χ1v) is 10.6. The fraction of sp³-hybridized carbons (Fsp3) is 0.214. The monoisotopic (exact) mass is 396 g/mol. The van der Waals surface area contributed by atoms with Crippen molar-refractivity contribution >= 4 is 17.5 Å². The van der Waals surface area contributed by atoms with Gasteiger partial charge in [0, 0.05) is 23.6 Å². The summed E-state index contributed by atoms with van der Waals surface area (Å²) < 4.78 is 1.56. The fourth-order valence-corrected chi connectivity index (χ4v) is 4.22. The first kappa shape index (κ1) is 20.3. The van der Waals surface area contributed by atoms with Gasteiger partial charge in [0.2, 0.25) is 0 Å². The van der Waals surface area contributed by atoms with Crippen LogP contribution in [0.1, 0.15) is 22.6 Å². The van der Waals surface area contributed by atoms with Crippen molar-refractivity contribution in [2.45, 2.75) is 5.92 Å². The Morgan fingerprint density at radius 2 is 1.30 bits per heavy atom. The third-order valence-corrected chi connectivity index (χ3v) is 6.14. The summed E-state index contributed by atoms with van der Waals surface area (Å²) in [5.74, 6) is 0.204. The number of para-hydroxylation sites is 1. The van der Waals surface area contributed by atoms with Crippen LogP contribution >= 0.6 is 0 Å². The minimum Gasteiger partial charge on any atom is -0.298 e. The van der Waals surface area contributed by atoms with Crippen LogP contribution in [-0.2, 0) is 0 Å². The summed E-state index contributed by atoms with van der Waals surface area (Å²) >= 11 is 0. The Morgan fingerprint density at radius 1 is 0.700 bits per heavy atom. The number of fused-ring (bicyclic) bond motifs is 1. The van der Waals surface area contributed by atoms with E-state index in [-0.39, 0.29) is 5.92 Å². The van der Waals surface area contributed by atoms with Crippen LogP contribution in [0.5, 0.6) is 0 Å². The van der Waals surface area contributed by atoms with Gasteiger partial charge in [0.05, 0.1) is 35.2 Å². The van der Waals surface area contributed by atoms with Crippen molar-refractivity contribution in [3.63, 3.8) is 0 Å². The van der Waals surface area contributed by atoms with Crippen LogP contribution in [0.15, 0.2) is 96.7 Å². The number of likely N-dealkylation sites (N-methyl/N-ethyl adjacent to an activating group) is 1. The zero-order valence-electron chi connectivity index (χ0n) is 18.7. The number of nitrogens with zero attached hydrogens (tertiary/aromatic N) is 2. The third-order valence-electron chi connectivity index (χ3n) is 6.14. The van der Waals surface area contributed by atoms with Crippen molar-refractivity contribution in [3.05, 3.63) is 113 Å². The molecule has 2 heteroatoms. The van der Waals surface area contributed by atoms with E-state index in [4.69, 9.17) is 0 Å². The third kappa shape index (κ3) is 3.89. The van der Waals surface area contributed by atoms with Crippen molar-refractivity contribution < 1.29 is 0 Å². The van der Waals surface area contributed by atoms with Gasteiger partial charge in [0.15, 0.2) is 0 Å². The molecule has 0 spiro atoms. The molecule has 0 bridgehead atoms. The highest BCUT2D eigenvalue weighted by molar-refractivity contribution is 5.73. The Bertz CT molecular complexity index is 1080. The molecule has 3 aromatic carbocycles. The zero-order valence-corrected chi connectivity index (χ0v) is 18.7. The molecule has 0 saturated heterocycles. The van der Waals surface area contributed by atoms with Gasteiger partial charge in [-0.25, -0.2) is 0 Å². The first-order valence-electron chi connectivity index (χ1n) is 10.6. The summed E-state index contributed by atoms with van der Waals surface area (Å²) in [6, 6.07) is 28.6. The number of rotatable bonds is 4. The number of hydrogen-bond donors (Lipinski definition) is 0. The van der Waals surface area contributed by atoms with Crippen molar-refractivity contribution in [3.8, 4) is 0 Å². The predicted molar refractivity (Wildman–Crippen MR) is 131 cm³/mol. The number of hydrogen-bond acceptors (Lipinski definition) is 0. The van der Waals surface area contributed by atoms with Gasteiger partial charge >= 0.3 is 0 Å². The van der Waals surface area contributed by atoms with Gasteiger partial charge in [0.25, 0.3) is 0 Å². The second kappa shape index (κ2) is 7.71. The van der Waals surface area contributed by atoms with Gasteiger partial charge in [-0.3, -0.25) is 8.97 Å². The van der Waals surface area contributed by atoms with E-state index in [1.165, 1.54) is 33.8 Å². The molecule has 0 saturated carbocycles. The molecule has 0 N–H and O–H groups in total. The van der Waals surface area contributed by atoms with Crippen LogP contribution in [0.3, 0.4) is 0 Å². The maximum atomic E-state index is 2.43. The molecule has 3 aromatic rings. The zero-order chi connectivity index (χ0) is 21.4. The maximum Gasteiger partial charge on any atom is 0.144 e. The van der Waals surface area contributed by atoms with E-state index in [2.05, 4.69) is 132 Å². The molecule has 1 atom stereocenters. The van der Waals surface area contributed by atoms with Gasteiger partial charge in [-0.05, 0) is 41.5 Å². The lowest BCUT2D eigenvalue weighted by Crippen LogP contribution is -2.40. The summed E-state index contributed by atoms with van der Waals surface area (Å²) in [5.41, 5.74) is 7.87. The summed E-state index contributed by atoms with van der Waals surface area (Å²) in [5, 5.41) is 0. The topological polar surface area (TPSA) is 0 Å². The Morgan fingerprint density at radius 3 is 1.97 bits per heavy atom. The van der Waals surface area contributed by atoms with Crippen molar-refractivity contribution in [1.82, 2.24) is 8.97 Å². The van der Waals surface area contributed by atoms with Crippen LogP contribution in [0.2, 0.25) is 0 Å². The average Bonchev–Trinajstić information content (AvgIpc) is 2.73. The molecule has 0 radical (unpaired) electrons. The Hall–Kier alpha value is -2.94. The van der Waals surface area contributed by atoms with E-state index in [1.807, 2.05) is 0 Å². The normalized spacial score (nSPS) is 17.6. The lowest BCUT2D eigenvalue weighted by atomic mass is 9.89. The molecule has 152 valence electrons. The first-order chi connectivity index (χ1) is 14.3. The SMILES string of the molecule is C[N+](C)(C)c1ccc([C@@H](/C=C2\C=Cc3ccccc3[N+]2(C)C)c2ccccc2)cc1. The predicted octanol–water partition coefficient (Wildman–Crippen LogP) is 6.19. The van der Waals surface area contributed by atoms with E-state index >= 15 is 0 Å². The number of allylic oxidation sites excluding steroid dienone is 2. The lowest BCUT2D eigenvalue weighted by molar-refractivity contribution is 0.486. The van der Waals surface area contributed by atoms with Gasteiger partial charge in [0.1, 0.15) is 17.1 Å². The summed E-state index contributed by atoms with van der Waals surface area (Å²) in [7, 11) is 11.2. The molecule has 0 amide bonds. The van der Waals surface area contributed by atoms with E-state index in [9.17, 15) is 0 Å². The molecule has 0 aromatic heterocycles. The minimum atomic E-state index is 0.204. The highest BCUT2D eigenvalue weighted by atomic mass is 15.3. The average molecular weight is 397 g/mol. The standard InChI is InChI=1S/C28H32N2/c1-29(2,3)25-18-15-23(16-19-25)27(22-11-7-6-8-12-22)21-26-20-17-24-13-9-10-14-28(24)30(26,4)5/h6-21,27H,1-5H3/q+2/b26-21+/t27-/m0/s1. The summed E-state index contributed by atoms with van der Waals surface area (Å²) in [6.45, 7) is 0. The molecule has 2 nitrogen and oxygen atoms in total. The van der Waals surface area contributed by atoms with Gasteiger partial charge in [-0.2, -0.15) is 0 Å². The Balaban J connectivity index is 1.81. The van der Waals surface area contributed by atoms with Crippen LogP contribution < -0.4 is 8.97 Å². The molecular weight excluding hydrogens is 364 g/mol. The molecule has 1 aliphatic heterocycles. The van der Waals surface area contributed by atoms with Crippen LogP contribution in [0.25, 0.3) is 6.08 Å². The van der Waals surface area contributed by atoms with E-state index < -0.39 is 0 Å². The van der Waals surface area contributed by atoms with Gasteiger partial charge in [-0.1, -0.05) is 54.6 Å². The molecule has 0 fully saturated rings. The maximum absolute atomic E-state index is 2.43. The second-order valence-electron chi connectivity index (χ2n) is 9.43.